The Bertz CT molecular complexity index is 1170. The van der Waals surface area contributed by atoms with Crippen LogP contribution in [0.2, 0.25) is 0 Å². The first-order valence-corrected chi connectivity index (χ1v) is 9.25. The molecule has 0 atom stereocenters. The summed E-state index contributed by atoms with van der Waals surface area (Å²) in [4.78, 5) is 24.6. The number of halogens is 1. The van der Waals surface area contributed by atoms with Crippen molar-refractivity contribution in [3.8, 4) is 6.07 Å². The molecule has 0 fully saturated rings. The van der Waals surface area contributed by atoms with Crippen LogP contribution >= 0.6 is 0 Å². The Kier molecular flexibility index (Phi) is 6.06. The lowest BCUT2D eigenvalue weighted by molar-refractivity contribution is -0.119. The highest BCUT2D eigenvalue weighted by molar-refractivity contribution is 5.98. The van der Waals surface area contributed by atoms with Gasteiger partial charge in [-0.25, -0.2) is 9.18 Å². The molecule has 3 N–H and O–H groups in total. The van der Waals surface area contributed by atoms with Gasteiger partial charge in [-0.05, 0) is 44.0 Å². The quantitative estimate of drug-likeness (QED) is 0.580. The molecule has 3 rings (SSSR count). The third kappa shape index (κ3) is 4.40. The lowest BCUT2D eigenvalue weighted by Gasteiger charge is -2.13. The lowest BCUT2D eigenvalue weighted by Crippen LogP contribution is -2.23. The molecule has 0 unspecified atom stereocenters. The fraction of sp³-hybridized carbons (Fsp3) is 0.238. The summed E-state index contributed by atoms with van der Waals surface area (Å²) in [5, 5.41) is 15.8. The largest absolute Gasteiger partial charge is 0.452 e. The molecule has 3 aromatic rings. The normalized spacial score (nSPS) is 10.5. The predicted octanol–water partition coefficient (Wildman–Crippen LogP) is 2.84. The van der Waals surface area contributed by atoms with Crippen molar-refractivity contribution in [2.24, 2.45) is 0 Å². The Morgan fingerprint density at radius 3 is 2.55 bits per heavy atom. The fourth-order valence-corrected chi connectivity index (χ4v) is 3.11. The number of nitriles is 1. The molecular formula is C21H20FN5O4. The predicted molar refractivity (Wildman–Crippen MR) is 109 cm³/mol. The van der Waals surface area contributed by atoms with Crippen molar-refractivity contribution in [2.45, 2.75) is 27.3 Å². The highest BCUT2D eigenvalue weighted by Crippen LogP contribution is 2.27. The van der Waals surface area contributed by atoms with E-state index in [-0.39, 0.29) is 28.8 Å². The maximum absolute atomic E-state index is 13.2. The Balaban J connectivity index is 1.79. The fourth-order valence-electron chi connectivity index (χ4n) is 3.11. The summed E-state index contributed by atoms with van der Waals surface area (Å²) in [7, 11) is 0. The molecule has 0 saturated heterocycles. The number of ether oxygens (including phenoxy) is 1. The van der Waals surface area contributed by atoms with Gasteiger partial charge in [0.05, 0.1) is 11.3 Å². The maximum Gasteiger partial charge on any atom is 0.346 e. The molecule has 0 spiro atoms. The number of nitrogens with one attached hydrogen (secondary N) is 1. The number of nitrogen functional groups attached to an aromatic ring is 1. The molecule has 31 heavy (non-hydrogen) atoms. The summed E-state index contributed by atoms with van der Waals surface area (Å²) in [6.07, 6.45) is 0. The van der Waals surface area contributed by atoms with Crippen LogP contribution in [-0.4, -0.2) is 28.2 Å². The zero-order valence-electron chi connectivity index (χ0n) is 17.2. The van der Waals surface area contributed by atoms with E-state index in [1.165, 1.54) is 19.1 Å². The van der Waals surface area contributed by atoms with E-state index in [1.807, 2.05) is 6.92 Å². The van der Waals surface area contributed by atoms with Gasteiger partial charge < -0.3 is 24.9 Å². The highest BCUT2D eigenvalue weighted by Gasteiger charge is 2.23. The minimum atomic E-state index is -0.846. The Morgan fingerprint density at radius 1 is 1.29 bits per heavy atom. The number of hydrogen-bond acceptors (Lipinski definition) is 7. The average Bonchev–Trinajstić information content (AvgIpc) is 3.18. The number of amides is 1. The molecule has 0 saturated carbocycles. The van der Waals surface area contributed by atoms with Gasteiger partial charge in [0.1, 0.15) is 23.3 Å². The van der Waals surface area contributed by atoms with Crippen molar-refractivity contribution in [3.05, 3.63) is 63.7 Å². The van der Waals surface area contributed by atoms with Crippen molar-refractivity contribution in [1.29, 1.82) is 5.26 Å². The van der Waals surface area contributed by atoms with Gasteiger partial charge >= 0.3 is 5.97 Å². The summed E-state index contributed by atoms with van der Waals surface area (Å²) in [5.74, 6) is -1.78. The maximum atomic E-state index is 13.2. The first kappa shape index (κ1) is 21.6. The Hall–Kier alpha value is -4.13. The molecule has 1 aromatic carbocycles. The first-order valence-electron chi connectivity index (χ1n) is 9.25. The van der Waals surface area contributed by atoms with Crippen LogP contribution in [0.5, 0.6) is 0 Å². The monoisotopic (exact) mass is 425 g/mol. The summed E-state index contributed by atoms with van der Waals surface area (Å²) in [6, 6.07) is 8.00. The molecule has 0 aliphatic rings. The van der Waals surface area contributed by atoms with Crippen molar-refractivity contribution < 1.29 is 23.2 Å². The van der Waals surface area contributed by atoms with Gasteiger partial charge in [0.15, 0.2) is 6.61 Å². The number of nitrogens with zero attached hydrogens (tertiary/aromatic N) is 3. The average molecular weight is 425 g/mol. The zero-order valence-corrected chi connectivity index (χ0v) is 17.2. The van der Waals surface area contributed by atoms with Gasteiger partial charge in [-0.3, -0.25) is 4.79 Å². The molecule has 0 bridgehead atoms. The molecule has 10 heteroatoms. The van der Waals surface area contributed by atoms with Crippen LogP contribution in [0.15, 0.2) is 28.8 Å². The van der Waals surface area contributed by atoms with E-state index in [0.29, 0.717) is 17.7 Å². The summed E-state index contributed by atoms with van der Waals surface area (Å²) < 4.78 is 24.7. The topological polar surface area (TPSA) is 136 Å². The van der Waals surface area contributed by atoms with Gasteiger partial charge in [-0.1, -0.05) is 17.3 Å². The second-order valence-corrected chi connectivity index (χ2v) is 6.89. The molecule has 0 radical (unpaired) electrons. The number of hydrogen-bond donors (Lipinski definition) is 2. The van der Waals surface area contributed by atoms with Gasteiger partial charge in [-0.15, -0.1) is 0 Å². The van der Waals surface area contributed by atoms with E-state index in [1.54, 1.807) is 23.6 Å². The number of carbonyl (C=O) groups excluding carboxylic acids is 2. The summed E-state index contributed by atoms with van der Waals surface area (Å²) in [6.45, 7) is 4.80. The van der Waals surface area contributed by atoms with Gasteiger partial charge in [0.2, 0.25) is 5.88 Å². The summed E-state index contributed by atoms with van der Waals surface area (Å²) >= 11 is 0. The third-order valence-corrected chi connectivity index (χ3v) is 4.88. The molecule has 1 amide bonds. The first-order chi connectivity index (χ1) is 14.7. The molecule has 2 aromatic heterocycles. The highest BCUT2D eigenvalue weighted by atomic mass is 19.1. The van der Waals surface area contributed by atoms with Crippen LogP contribution < -0.4 is 11.1 Å². The minimum absolute atomic E-state index is 0.0445. The SMILES string of the molecule is Cc1noc(N)c1C(=O)OCC(=O)Nc1c(C#N)c(C)c(C)n1Cc1ccc(F)cc1. The summed E-state index contributed by atoms with van der Waals surface area (Å²) in [5.41, 5.74) is 8.27. The van der Waals surface area contributed by atoms with Gasteiger partial charge in [-0.2, -0.15) is 5.26 Å². The number of benzene rings is 1. The molecule has 2 heterocycles. The van der Waals surface area contributed by atoms with E-state index in [0.717, 1.165) is 11.3 Å². The van der Waals surface area contributed by atoms with Crippen LogP contribution in [0, 0.1) is 37.9 Å². The molecule has 9 nitrogen and oxygen atoms in total. The number of nitrogens with two attached hydrogens (primary N) is 1. The Labute approximate surface area is 177 Å². The second-order valence-electron chi connectivity index (χ2n) is 6.89. The van der Waals surface area contributed by atoms with Crippen molar-refractivity contribution in [2.75, 3.05) is 17.7 Å². The van der Waals surface area contributed by atoms with E-state index in [9.17, 15) is 19.2 Å². The van der Waals surface area contributed by atoms with Crippen LogP contribution in [0.25, 0.3) is 0 Å². The van der Waals surface area contributed by atoms with E-state index < -0.39 is 18.5 Å². The smallest absolute Gasteiger partial charge is 0.346 e. The van der Waals surface area contributed by atoms with Crippen LogP contribution in [0.4, 0.5) is 16.1 Å². The number of carbonyl (C=O) groups is 2. The number of aryl methyl sites for hydroxylation is 1. The molecule has 0 aliphatic carbocycles. The number of esters is 1. The number of aromatic nitrogens is 2. The van der Waals surface area contributed by atoms with E-state index in [4.69, 9.17) is 15.0 Å². The van der Waals surface area contributed by atoms with Crippen LogP contribution in [-0.2, 0) is 16.1 Å². The van der Waals surface area contributed by atoms with Crippen molar-refractivity contribution in [3.63, 3.8) is 0 Å². The Morgan fingerprint density at radius 2 is 1.97 bits per heavy atom. The van der Waals surface area contributed by atoms with Gasteiger partial charge in [0.25, 0.3) is 5.91 Å². The zero-order chi connectivity index (χ0) is 22.7. The number of anilines is 2. The van der Waals surface area contributed by atoms with Crippen LogP contribution in [0.1, 0.15) is 38.4 Å². The van der Waals surface area contributed by atoms with E-state index >= 15 is 0 Å². The van der Waals surface area contributed by atoms with Crippen molar-refractivity contribution in [1.82, 2.24) is 9.72 Å². The molecule has 160 valence electrons. The standard InChI is InChI=1S/C21H20FN5O4/c1-11-13(3)27(9-14-4-6-15(22)7-5-14)20(16(11)8-23)25-17(28)10-30-21(29)18-12(2)26-31-19(18)24/h4-7H,9-10,24H2,1-3H3,(H,25,28). The van der Waals surface area contributed by atoms with Crippen molar-refractivity contribution >= 4 is 23.6 Å². The van der Waals surface area contributed by atoms with E-state index in [2.05, 4.69) is 16.5 Å². The second kappa shape index (κ2) is 8.71. The molecular weight excluding hydrogens is 405 g/mol. The molecule has 0 aliphatic heterocycles. The lowest BCUT2D eigenvalue weighted by atomic mass is 10.2. The minimum Gasteiger partial charge on any atom is -0.452 e. The van der Waals surface area contributed by atoms with Gasteiger partial charge in [0, 0.05) is 12.2 Å². The third-order valence-electron chi connectivity index (χ3n) is 4.88. The number of rotatable bonds is 6. The van der Waals surface area contributed by atoms with Crippen LogP contribution in [0.3, 0.4) is 0 Å².